The lowest BCUT2D eigenvalue weighted by Gasteiger charge is -2.03. The van der Waals surface area contributed by atoms with Crippen LogP contribution < -0.4 is 0 Å². The zero-order valence-electron chi connectivity index (χ0n) is 8.59. The summed E-state index contributed by atoms with van der Waals surface area (Å²) in [4.78, 5) is 14.7. The number of aromatic carboxylic acids is 1. The first-order valence-electron chi connectivity index (χ1n) is 4.71. The molecule has 0 spiro atoms. The van der Waals surface area contributed by atoms with E-state index in [1.54, 1.807) is 12.3 Å². The smallest absolute Gasteiger partial charge is 0.335 e. The second-order valence-corrected chi connectivity index (χ2v) is 4.53. The van der Waals surface area contributed by atoms with Crippen LogP contribution in [-0.4, -0.2) is 16.1 Å². The topological polar surface area (TPSA) is 63.3 Å². The average Bonchev–Trinajstić information content (AvgIpc) is 2.80. The highest BCUT2D eigenvalue weighted by molar-refractivity contribution is 7.98. The van der Waals surface area contributed by atoms with Crippen molar-refractivity contribution in [3.05, 3.63) is 46.8 Å². The highest BCUT2D eigenvalue weighted by atomic mass is 35.5. The molecule has 0 aliphatic carbocycles. The summed E-state index contributed by atoms with van der Waals surface area (Å²) in [6, 6.07) is 4.66. The molecular formula is C11H8ClNO3S. The van der Waals surface area contributed by atoms with Crippen molar-refractivity contribution in [3.8, 4) is 0 Å². The highest BCUT2D eigenvalue weighted by Crippen LogP contribution is 2.26. The van der Waals surface area contributed by atoms with Crippen LogP contribution in [0.25, 0.3) is 0 Å². The summed E-state index contributed by atoms with van der Waals surface area (Å²) in [5.74, 6) is -0.405. The molecule has 2 rings (SSSR count). The molecule has 2 aromatic rings. The first-order chi connectivity index (χ1) is 8.16. The molecule has 1 aromatic heterocycles. The number of carbonyl (C=O) groups is 1. The van der Waals surface area contributed by atoms with E-state index in [4.69, 9.17) is 21.1 Å². The van der Waals surface area contributed by atoms with Gasteiger partial charge in [-0.25, -0.2) is 9.78 Å². The predicted molar refractivity (Wildman–Crippen MR) is 64.5 cm³/mol. The fourth-order valence-electron chi connectivity index (χ4n) is 1.22. The molecule has 6 heteroatoms. The lowest BCUT2D eigenvalue weighted by Crippen LogP contribution is -1.96. The van der Waals surface area contributed by atoms with Gasteiger partial charge in [-0.1, -0.05) is 29.4 Å². The van der Waals surface area contributed by atoms with Crippen molar-refractivity contribution in [2.45, 2.75) is 11.0 Å². The van der Waals surface area contributed by atoms with Crippen molar-refractivity contribution >= 4 is 29.3 Å². The first kappa shape index (κ1) is 12.0. The van der Waals surface area contributed by atoms with Crippen LogP contribution in [0.3, 0.4) is 0 Å². The minimum atomic E-state index is -0.987. The summed E-state index contributed by atoms with van der Waals surface area (Å²) >= 11 is 7.38. The number of carboxylic acid groups (broad SMARTS) is 1. The molecule has 0 aliphatic heterocycles. The van der Waals surface area contributed by atoms with E-state index in [0.29, 0.717) is 16.0 Å². The standard InChI is InChI=1S/C11H8ClNO3S/c12-9-5-7(10(14)15)1-2-8(9)6-17-11-13-3-4-16-11/h1-5H,6H2,(H,14,15). The lowest BCUT2D eigenvalue weighted by atomic mass is 10.1. The van der Waals surface area contributed by atoms with Crippen LogP contribution in [0.4, 0.5) is 0 Å². The summed E-state index contributed by atoms with van der Waals surface area (Å²) < 4.78 is 5.07. The van der Waals surface area contributed by atoms with Crippen molar-refractivity contribution in [1.82, 2.24) is 4.98 Å². The quantitative estimate of drug-likeness (QED) is 0.863. The maximum absolute atomic E-state index is 10.7. The minimum Gasteiger partial charge on any atom is -0.478 e. The van der Waals surface area contributed by atoms with Gasteiger partial charge in [-0.15, -0.1) is 0 Å². The number of carboxylic acids is 1. The van der Waals surface area contributed by atoms with Crippen molar-refractivity contribution in [1.29, 1.82) is 0 Å². The summed E-state index contributed by atoms with van der Waals surface area (Å²) in [5, 5.41) is 9.78. The van der Waals surface area contributed by atoms with E-state index in [0.717, 1.165) is 5.56 Å². The Hall–Kier alpha value is -1.46. The SMILES string of the molecule is O=C(O)c1ccc(CSc2ncco2)c(Cl)c1. The van der Waals surface area contributed by atoms with Gasteiger partial charge in [0, 0.05) is 10.8 Å². The molecule has 0 amide bonds. The summed E-state index contributed by atoms with van der Waals surface area (Å²) in [7, 11) is 0. The van der Waals surface area contributed by atoms with Crippen LogP contribution in [0.2, 0.25) is 5.02 Å². The number of rotatable bonds is 4. The normalized spacial score (nSPS) is 10.4. The number of thioether (sulfide) groups is 1. The second kappa shape index (κ2) is 5.25. The van der Waals surface area contributed by atoms with Gasteiger partial charge >= 0.3 is 5.97 Å². The number of nitrogens with zero attached hydrogens (tertiary/aromatic N) is 1. The summed E-state index contributed by atoms with van der Waals surface area (Å²) in [5.41, 5.74) is 1.03. The van der Waals surface area contributed by atoms with E-state index in [-0.39, 0.29) is 5.56 Å². The Balaban J connectivity index is 2.09. The fourth-order valence-corrected chi connectivity index (χ4v) is 2.33. The third kappa shape index (κ3) is 3.01. The molecule has 0 bridgehead atoms. The van der Waals surface area contributed by atoms with Crippen LogP contribution in [0.1, 0.15) is 15.9 Å². The van der Waals surface area contributed by atoms with Gasteiger partial charge in [-0.2, -0.15) is 0 Å². The molecule has 0 unspecified atom stereocenters. The molecular weight excluding hydrogens is 262 g/mol. The Bertz CT molecular complexity index is 528. The van der Waals surface area contributed by atoms with Crippen LogP contribution in [0.5, 0.6) is 0 Å². The van der Waals surface area contributed by atoms with Gasteiger partial charge in [0.1, 0.15) is 6.26 Å². The van der Waals surface area contributed by atoms with Crippen molar-refractivity contribution in [2.75, 3.05) is 0 Å². The molecule has 1 N–H and O–H groups in total. The van der Waals surface area contributed by atoms with Gasteiger partial charge < -0.3 is 9.52 Å². The Morgan fingerprint density at radius 3 is 2.94 bits per heavy atom. The Kier molecular flexibility index (Phi) is 3.71. The van der Waals surface area contributed by atoms with Crippen molar-refractivity contribution < 1.29 is 14.3 Å². The molecule has 0 fully saturated rings. The van der Waals surface area contributed by atoms with Gasteiger partial charge in [0.2, 0.25) is 0 Å². The van der Waals surface area contributed by atoms with Gasteiger partial charge in [-0.05, 0) is 17.7 Å². The third-order valence-electron chi connectivity index (χ3n) is 2.06. The molecule has 0 radical (unpaired) electrons. The number of hydrogen-bond acceptors (Lipinski definition) is 4. The van der Waals surface area contributed by atoms with Gasteiger partial charge in [0.05, 0.1) is 11.8 Å². The van der Waals surface area contributed by atoms with E-state index >= 15 is 0 Å². The predicted octanol–water partition coefficient (Wildman–Crippen LogP) is 3.32. The Morgan fingerprint density at radius 1 is 1.53 bits per heavy atom. The minimum absolute atomic E-state index is 0.180. The largest absolute Gasteiger partial charge is 0.478 e. The molecule has 0 aliphatic rings. The van der Waals surface area contributed by atoms with E-state index in [9.17, 15) is 4.79 Å². The number of oxazole rings is 1. The molecule has 17 heavy (non-hydrogen) atoms. The van der Waals surface area contributed by atoms with Crippen molar-refractivity contribution in [3.63, 3.8) is 0 Å². The zero-order valence-corrected chi connectivity index (χ0v) is 10.2. The molecule has 0 saturated heterocycles. The van der Waals surface area contributed by atoms with E-state index in [2.05, 4.69) is 4.98 Å². The number of halogens is 1. The van der Waals surface area contributed by atoms with Crippen LogP contribution in [0.15, 0.2) is 40.3 Å². The molecule has 0 atom stereocenters. The molecule has 4 nitrogen and oxygen atoms in total. The van der Waals surface area contributed by atoms with Gasteiger partial charge in [0.15, 0.2) is 0 Å². The molecule has 88 valence electrons. The Labute approximate surface area is 107 Å². The number of aromatic nitrogens is 1. The molecule has 0 saturated carbocycles. The van der Waals surface area contributed by atoms with E-state index < -0.39 is 5.97 Å². The summed E-state index contributed by atoms with van der Waals surface area (Å²) in [6.07, 6.45) is 3.06. The third-order valence-corrected chi connectivity index (χ3v) is 3.32. The van der Waals surface area contributed by atoms with Gasteiger partial charge in [0.25, 0.3) is 5.22 Å². The maximum atomic E-state index is 10.7. The zero-order chi connectivity index (χ0) is 12.3. The van der Waals surface area contributed by atoms with Crippen LogP contribution in [0, 0.1) is 0 Å². The van der Waals surface area contributed by atoms with E-state index in [1.807, 2.05) is 0 Å². The summed E-state index contributed by atoms with van der Waals surface area (Å²) in [6.45, 7) is 0. The average molecular weight is 270 g/mol. The Morgan fingerprint density at radius 2 is 2.35 bits per heavy atom. The van der Waals surface area contributed by atoms with Gasteiger partial charge in [-0.3, -0.25) is 0 Å². The van der Waals surface area contributed by atoms with Crippen LogP contribution in [-0.2, 0) is 5.75 Å². The van der Waals surface area contributed by atoms with Crippen LogP contribution >= 0.6 is 23.4 Å². The highest BCUT2D eigenvalue weighted by Gasteiger charge is 2.08. The second-order valence-electron chi connectivity index (χ2n) is 3.20. The van der Waals surface area contributed by atoms with Crippen molar-refractivity contribution in [2.24, 2.45) is 0 Å². The first-order valence-corrected chi connectivity index (χ1v) is 6.07. The maximum Gasteiger partial charge on any atom is 0.335 e. The molecule has 1 heterocycles. The number of benzene rings is 1. The molecule has 1 aromatic carbocycles. The fraction of sp³-hybridized carbons (Fsp3) is 0.0909. The monoisotopic (exact) mass is 269 g/mol. The lowest BCUT2D eigenvalue weighted by molar-refractivity contribution is 0.0697. The number of hydrogen-bond donors (Lipinski definition) is 1. The van der Waals surface area contributed by atoms with E-state index in [1.165, 1.54) is 30.2 Å².